The van der Waals surface area contributed by atoms with E-state index in [0.29, 0.717) is 23.8 Å². The van der Waals surface area contributed by atoms with E-state index in [4.69, 9.17) is 14.2 Å². The molecule has 2 rings (SSSR count). The maximum absolute atomic E-state index is 12.0. The Balaban J connectivity index is 1.91. The lowest BCUT2D eigenvalue weighted by Crippen LogP contribution is -2.37. The quantitative estimate of drug-likeness (QED) is 0.731. The number of nitrogens with zero attached hydrogens (tertiary/aromatic N) is 1. The van der Waals surface area contributed by atoms with Gasteiger partial charge in [0.2, 0.25) is 5.91 Å². The van der Waals surface area contributed by atoms with E-state index in [1.165, 1.54) is 25.3 Å². The molecule has 1 fully saturated rings. The maximum Gasteiger partial charge on any atom is 0.244 e. The fraction of sp³-hybridized carbons (Fsp3) is 0.526. The lowest BCUT2D eigenvalue weighted by Gasteiger charge is -2.26. The van der Waals surface area contributed by atoms with Crippen molar-refractivity contribution in [2.75, 3.05) is 47.5 Å². The number of carbonyl (C=O) groups is 1. The number of piperidine rings is 1. The third kappa shape index (κ3) is 5.67. The van der Waals surface area contributed by atoms with Crippen LogP contribution < -0.4 is 19.5 Å². The second-order valence-corrected chi connectivity index (χ2v) is 5.98. The van der Waals surface area contributed by atoms with Crippen LogP contribution in [-0.2, 0) is 4.79 Å². The normalized spacial score (nSPS) is 15.2. The van der Waals surface area contributed by atoms with E-state index in [2.05, 4.69) is 10.2 Å². The van der Waals surface area contributed by atoms with Crippen LogP contribution in [0, 0.1) is 0 Å². The van der Waals surface area contributed by atoms with Gasteiger partial charge in [-0.05, 0) is 38.1 Å². The Labute approximate surface area is 149 Å². The van der Waals surface area contributed by atoms with Crippen LogP contribution in [0.2, 0.25) is 0 Å². The van der Waals surface area contributed by atoms with E-state index in [9.17, 15) is 4.79 Å². The molecular formula is C19H28N2O4. The van der Waals surface area contributed by atoms with Crippen LogP contribution in [0.1, 0.15) is 24.8 Å². The number of ether oxygens (including phenoxy) is 3. The predicted octanol–water partition coefficient (Wildman–Crippen LogP) is 2.33. The highest BCUT2D eigenvalue weighted by Crippen LogP contribution is 2.35. The molecule has 1 saturated heterocycles. The average molecular weight is 348 g/mol. The highest BCUT2D eigenvalue weighted by molar-refractivity contribution is 5.92. The summed E-state index contributed by atoms with van der Waals surface area (Å²) in [5, 5.41) is 2.92. The van der Waals surface area contributed by atoms with Gasteiger partial charge in [-0.25, -0.2) is 0 Å². The van der Waals surface area contributed by atoms with Crippen LogP contribution in [0.25, 0.3) is 6.08 Å². The van der Waals surface area contributed by atoms with Crippen LogP contribution >= 0.6 is 0 Å². The smallest absolute Gasteiger partial charge is 0.244 e. The number of amides is 1. The van der Waals surface area contributed by atoms with Crippen molar-refractivity contribution in [2.24, 2.45) is 0 Å². The fourth-order valence-electron chi connectivity index (χ4n) is 2.93. The Morgan fingerprint density at radius 1 is 1.04 bits per heavy atom. The van der Waals surface area contributed by atoms with Crippen molar-refractivity contribution >= 4 is 12.0 Å². The van der Waals surface area contributed by atoms with E-state index in [0.717, 1.165) is 25.2 Å². The molecule has 0 bridgehead atoms. The van der Waals surface area contributed by atoms with Crippen molar-refractivity contribution < 1.29 is 19.0 Å². The first-order valence-corrected chi connectivity index (χ1v) is 8.66. The van der Waals surface area contributed by atoms with Crippen molar-refractivity contribution in [3.8, 4) is 17.2 Å². The summed E-state index contributed by atoms with van der Waals surface area (Å²) in [6, 6.07) is 3.53. The van der Waals surface area contributed by atoms with E-state index in [-0.39, 0.29) is 5.91 Å². The minimum atomic E-state index is -0.117. The predicted molar refractivity (Wildman–Crippen MR) is 98.4 cm³/mol. The summed E-state index contributed by atoms with van der Waals surface area (Å²) in [5.74, 6) is 1.68. The van der Waals surface area contributed by atoms with Crippen LogP contribution in [-0.4, -0.2) is 58.3 Å². The van der Waals surface area contributed by atoms with Gasteiger partial charge in [0.25, 0.3) is 0 Å². The largest absolute Gasteiger partial charge is 0.496 e. The van der Waals surface area contributed by atoms with Gasteiger partial charge in [0.05, 0.1) is 21.3 Å². The van der Waals surface area contributed by atoms with E-state index in [1.807, 2.05) is 0 Å². The van der Waals surface area contributed by atoms with Crippen molar-refractivity contribution in [2.45, 2.75) is 19.3 Å². The highest BCUT2D eigenvalue weighted by Gasteiger charge is 2.11. The minimum absolute atomic E-state index is 0.117. The molecule has 0 atom stereocenters. The second-order valence-electron chi connectivity index (χ2n) is 5.98. The Morgan fingerprint density at radius 2 is 1.68 bits per heavy atom. The monoisotopic (exact) mass is 348 g/mol. The summed E-state index contributed by atoms with van der Waals surface area (Å²) in [6.07, 6.45) is 7.07. The first kappa shape index (κ1) is 19.1. The zero-order chi connectivity index (χ0) is 18.1. The van der Waals surface area contributed by atoms with Gasteiger partial charge < -0.3 is 24.4 Å². The summed E-state index contributed by atoms with van der Waals surface area (Å²) in [5.41, 5.74) is 0.756. The Bertz CT molecular complexity index is 595. The number of nitrogens with one attached hydrogen (secondary N) is 1. The molecule has 0 spiro atoms. The first-order valence-electron chi connectivity index (χ1n) is 8.66. The molecule has 25 heavy (non-hydrogen) atoms. The van der Waals surface area contributed by atoms with Gasteiger partial charge in [0, 0.05) is 30.8 Å². The number of rotatable bonds is 8. The first-order chi connectivity index (χ1) is 12.2. The number of benzene rings is 1. The number of carbonyl (C=O) groups excluding carboxylic acids is 1. The SMILES string of the molecule is COc1cc(OC)c(OC)cc1C=CC(=O)NCCN1CCCCC1. The Morgan fingerprint density at radius 3 is 2.32 bits per heavy atom. The molecule has 0 unspecified atom stereocenters. The summed E-state index contributed by atoms with van der Waals surface area (Å²) < 4.78 is 15.9. The molecule has 1 aromatic carbocycles. The van der Waals surface area contributed by atoms with Crippen LogP contribution in [0.5, 0.6) is 17.2 Å². The fourth-order valence-corrected chi connectivity index (χ4v) is 2.93. The third-order valence-corrected chi connectivity index (χ3v) is 4.33. The Hall–Kier alpha value is -2.21. The van der Waals surface area contributed by atoms with Gasteiger partial charge in [0.15, 0.2) is 11.5 Å². The molecule has 1 aromatic rings. The number of hydrogen-bond donors (Lipinski definition) is 1. The number of likely N-dealkylation sites (tertiary alicyclic amines) is 1. The van der Waals surface area contributed by atoms with Gasteiger partial charge in [-0.3, -0.25) is 4.79 Å². The minimum Gasteiger partial charge on any atom is -0.496 e. The van der Waals surface area contributed by atoms with Crippen molar-refractivity contribution in [3.63, 3.8) is 0 Å². The van der Waals surface area contributed by atoms with Gasteiger partial charge >= 0.3 is 0 Å². The standard InChI is InChI=1S/C19H28N2O4/c1-23-16-14-18(25-3)17(24-2)13-15(16)7-8-19(22)20-9-12-21-10-5-4-6-11-21/h7-8,13-14H,4-6,9-12H2,1-3H3,(H,20,22). The molecule has 6 nitrogen and oxygen atoms in total. The average Bonchev–Trinajstić information content (AvgIpc) is 2.66. The molecule has 0 saturated carbocycles. The molecular weight excluding hydrogens is 320 g/mol. The molecule has 6 heteroatoms. The summed E-state index contributed by atoms with van der Waals surface area (Å²) in [6.45, 7) is 3.83. The maximum atomic E-state index is 12.0. The van der Waals surface area contributed by atoms with Crippen LogP contribution in [0.15, 0.2) is 18.2 Å². The second kappa shape index (κ2) is 9.93. The van der Waals surface area contributed by atoms with Crippen molar-refractivity contribution in [1.29, 1.82) is 0 Å². The van der Waals surface area contributed by atoms with Gasteiger partial charge in [-0.1, -0.05) is 6.42 Å². The van der Waals surface area contributed by atoms with Gasteiger partial charge in [0.1, 0.15) is 5.75 Å². The van der Waals surface area contributed by atoms with Crippen molar-refractivity contribution in [3.05, 3.63) is 23.8 Å². The van der Waals surface area contributed by atoms with E-state index < -0.39 is 0 Å². The molecule has 0 radical (unpaired) electrons. The zero-order valence-electron chi connectivity index (χ0n) is 15.3. The van der Waals surface area contributed by atoms with Gasteiger partial charge in [-0.15, -0.1) is 0 Å². The molecule has 1 N–H and O–H groups in total. The van der Waals surface area contributed by atoms with E-state index >= 15 is 0 Å². The Kier molecular flexibility index (Phi) is 7.60. The van der Waals surface area contributed by atoms with E-state index in [1.54, 1.807) is 39.5 Å². The third-order valence-electron chi connectivity index (χ3n) is 4.33. The summed E-state index contributed by atoms with van der Waals surface area (Å²) >= 11 is 0. The molecule has 1 aliphatic rings. The number of hydrogen-bond acceptors (Lipinski definition) is 5. The zero-order valence-corrected chi connectivity index (χ0v) is 15.3. The molecule has 1 heterocycles. The van der Waals surface area contributed by atoms with Crippen LogP contribution in [0.3, 0.4) is 0 Å². The molecule has 1 amide bonds. The van der Waals surface area contributed by atoms with Gasteiger partial charge in [-0.2, -0.15) is 0 Å². The summed E-state index contributed by atoms with van der Waals surface area (Å²) in [7, 11) is 4.73. The lowest BCUT2D eigenvalue weighted by atomic mass is 10.1. The van der Waals surface area contributed by atoms with Crippen molar-refractivity contribution in [1.82, 2.24) is 10.2 Å². The lowest BCUT2D eigenvalue weighted by molar-refractivity contribution is -0.116. The van der Waals surface area contributed by atoms with Crippen LogP contribution in [0.4, 0.5) is 0 Å². The highest BCUT2D eigenvalue weighted by atomic mass is 16.5. The molecule has 0 aromatic heterocycles. The topological polar surface area (TPSA) is 60.0 Å². The molecule has 138 valence electrons. The molecule has 1 aliphatic heterocycles. The molecule has 0 aliphatic carbocycles. The summed E-state index contributed by atoms with van der Waals surface area (Å²) in [4.78, 5) is 14.4. The number of methoxy groups -OCH3 is 3.